The van der Waals surface area contributed by atoms with E-state index in [0.717, 1.165) is 0 Å². The van der Waals surface area contributed by atoms with Crippen LogP contribution in [0.1, 0.15) is 38.7 Å². The summed E-state index contributed by atoms with van der Waals surface area (Å²) in [5, 5.41) is 2.40. The minimum absolute atomic E-state index is 0.0776. The van der Waals surface area contributed by atoms with Crippen LogP contribution in [0, 0.1) is 0 Å². The molecule has 1 amide bonds. The second-order valence-electron chi connectivity index (χ2n) is 5.21. The fraction of sp³-hybridized carbons (Fsp3) is 0.562. The summed E-state index contributed by atoms with van der Waals surface area (Å²) in [5.74, 6) is 0. The minimum atomic E-state index is -4.15. The van der Waals surface area contributed by atoms with E-state index in [0.29, 0.717) is 19.4 Å². The summed E-state index contributed by atoms with van der Waals surface area (Å²) in [6, 6.07) is 10.1. The van der Waals surface area contributed by atoms with E-state index < -0.39 is 18.1 Å². The van der Waals surface area contributed by atoms with Crippen LogP contribution in [0.2, 0.25) is 0 Å². The van der Waals surface area contributed by atoms with Gasteiger partial charge in [-0.15, -0.1) is 0 Å². The van der Waals surface area contributed by atoms with E-state index >= 15 is 0 Å². The standard InChI is InChI=1S/C8H14F3NO.C8H10O/c1-3-7(2,12-6-13)4-5-8(9,10)11;1-9-7-8-5-3-2-4-6-8/h6H,3-5H2,1-2H3,(H,12,13);2-6H,7H2,1H3. The van der Waals surface area contributed by atoms with Gasteiger partial charge in [0.25, 0.3) is 0 Å². The van der Waals surface area contributed by atoms with Crippen molar-refractivity contribution >= 4 is 6.41 Å². The van der Waals surface area contributed by atoms with Gasteiger partial charge in [0.15, 0.2) is 0 Å². The molecule has 22 heavy (non-hydrogen) atoms. The lowest BCUT2D eigenvalue weighted by molar-refractivity contribution is -0.139. The van der Waals surface area contributed by atoms with Gasteiger partial charge in [0, 0.05) is 19.1 Å². The van der Waals surface area contributed by atoms with Gasteiger partial charge in [0.05, 0.1) is 6.61 Å². The Kier molecular flexibility index (Phi) is 9.49. The molecule has 0 aliphatic rings. The number of benzene rings is 1. The molecule has 0 spiro atoms. The summed E-state index contributed by atoms with van der Waals surface area (Å²) < 4.78 is 40.5. The van der Waals surface area contributed by atoms with Gasteiger partial charge in [0.1, 0.15) is 0 Å². The maximum absolute atomic E-state index is 11.8. The molecular formula is C16H24F3NO2. The molecule has 0 bridgehead atoms. The molecule has 1 aromatic rings. The second kappa shape index (κ2) is 10.2. The topological polar surface area (TPSA) is 38.3 Å². The quantitative estimate of drug-likeness (QED) is 0.769. The van der Waals surface area contributed by atoms with Crippen LogP contribution in [0.5, 0.6) is 0 Å². The monoisotopic (exact) mass is 319 g/mol. The van der Waals surface area contributed by atoms with E-state index in [-0.39, 0.29) is 6.42 Å². The molecule has 0 heterocycles. The second-order valence-corrected chi connectivity index (χ2v) is 5.21. The lowest BCUT2D eigenvalue weighted by atomic mass is 9.93. The van der Waals surface area contributed by atoms with E-state index in [2.05, 4.69) is 5.32 Å². The zero-order valence-electron chi connectivity index (χ0n) is 13.2. The van der Waals surface area contributed by atoms with Crippen LogP contribution in [0.4, 0.5) is 13.2 Å². The first kappa shape index (κ1) is 20.4. The highest BCUT2D eigenvalue weighted by Crippen LogP contribution is 2.26. The number of hydrogen-bond donors (Lipinski definition) is 1. The van der Waals surface area contributed by atoms with Crippen molar-refractivity contribution in [3.63, 3.8) is 0 Å². The molecule has 1 aromatic carbocycles. The van der Waals surface area contributed by atoms with E-state index in [1.165, 1.54) is 5.56 Å². The SMILES string of the molecule is CCC(C)(CCC(F)(F)F)NC=O.COCc1ccccc1. The van der Waals surface area contributed by atoms with Crippen molar-refractivity contribution < 1.29 is 22.7 Å². The molecule has 0 saturated heterocycles. The number of ether oxygens (including phenoxy) is 1. The molecule has 0 radical (unpaired) electrons. The Morgan fingerprint density at radius 2 is 1.77 bits per heavy atom. The van der Waals surface area contributed by atoms with Gasteiger partial charge < -0.3 is 10.1 Å². The minimum Gasteiger partial charge on any atom is -0.380 e. The van der Waals surface area contributed by atoms with Crippen LogP contribution < -0.4 is 5.32 Å². The van der Waals surface area contributed by atoms with Crippen LogP contribution in [-0.2, 0) is 16.1 Å². The van der Waals surface area contributed by atoms with Gasteiger partial charge in [-0.25, -0.2) is 0 Å². The molecule has 0 saturated carbocycles. The summed E-state index contributed by atoms with van der Waals surface area (Å²) in [7, 11) is 1.70. The van der Waals surface area contributed by atoms with Gasteiger partial charge in [-0.3, -0.25) is 4.79 Å². The summed E-state index contributed by atoms with van der Waals surface area (Å²) >= 11 is 0. The predicted octanol–water partition coefficient (Wildman–Crippen LogP) is 4.08. The highest BCUT2D eigenvalue weighted by Gasteiger charge is 2.32. The normalized spacial score (nSPS) is 13.5. The fourth-order valence-electron chi connectivity index (χ4n) is 1.65. The van der Waals surface area contributed by atoms with Crippen molar-refractivity contribution in [2.24, 2.45) is 0 Å². The first-order chi connectivity index (χ1) is 10.3. The Bertz CT molecular complexity index is 410. The van der Waals surface area contributed by atoms with Crippen LogP contribution in [-0.4, -0.2) is 25.2 Å². The van der Waals surface area contributed by atoms with Gasteiger partial charge in [-0.1, -0.05) is 37.3 Å². The number of halogens is 3. The molecule has 126 valence electrons. The summed E-state index contributed by atoms with van der Waals surface area (Å²) in [5.41, 5.74) is 0.483. The highest BCUT2D eigenvalue weighted by atomic mass is 19.4. The Hall–Kier alpha value is -1.56. The lowest BCUT2D eigenvalue weighted by Crippen LogP contribution is -2.41. The highest BCUT2D eigenvalue weighted by molar-refractivity contribution is 5.47. The number of rotatable bonds is 7. The average molecular weight is 319 g/mol. The smallest absolute Gasteiger partial charge is 0.380 e. The lowest BCUT2D eigenvalue weighted by Gasteiger charge is -2.27. The zero-order chi connectivity index (χ0) is 17.1. The van der Waals surface area contributed by atoms with Crippen molar-refractivity contribution in [1.82, 2.24) is 5.32 Å². The first-order valence-corrected chi connectivity index (χ1v) is 7.07. The maximum Gasteiger partial charge on any atom is 0.389 e. The molecular weight excluding hydrogens is 295 g/mol. The van der Waals surface area contributed by atoms with Crippen LogP contribution in [0.25, 0.3) is 0 Å². The van der Waals surface area contributed by atoms with E-state index in [4.69, 9.17) is 4.74 Å². The third kappa shape index (κ3) is 10.2. The zero-order valence-corrected chi connectivity index (χ0v) is 13.2. The van der Waals surface area contributed by atoms with Gasteiger partial charge in [0.2, 0.25) is 6.41 Å². The predicted molar refractivity (Wildman–Crippen MR) is 80.3 cm³/mol. The molecule has 0 fully saturated rings. The van der Waals surface area contributed by atoms with Crippen LogP contribution >= 0.6 is 0 Å². The number of carbonyl (C=O) groups is 1. The number of carbonyl (C=O) groups excluding carboxylic acids is 1. The van der Waals surface area contributed by atoms with Crippen molar-refractivity contribution in [3.05, 3.63) is 35.9 Å². The number of methoxy groups -OCH3 is 1. The van der Waals surface area contributed by atoms with Crippen molar-refractivity contribution in [3.8, 4) is 0 Å². The maximum atomic E-state index is 11.8. The Morgan fingerprint density at radius 3 is 2.18 bits per heavy atom. The molecule has 1 rings (SSSR count). The summed E-state index contributed by atoms with van der Waals surface area (Å²) in [6.07, 6.45) is -4.16. The third-order valence-corrected chi connectivity index (χ3v) is 3.30. The van der Waals surface area contributed by atoms with Gasteiger partial charge >= 0.3 is 6.18 Å². The molecule has 1 unspecified atom stereocenters. The number of amides is 1. The Morgan fingerprint density at radius 1 is 1.18 bits per heavy atom. The molecule has 0 aliphatic carbocycles. The van der Waals surface area contributed by atoms with Crippen molar-refractivity contribution in [1.29, 1.82) is 0 Å². The Labute approximate surface area is 129 Å². The number of nitrogens with one attached hydrogen (secondary N) is 1. The molecule has 1 atom stereocenters. The first-order valence-electron chi connectivity index (χ1n) is 7.07. The third-order valence-electron chi connectivity index (χ3n) is 3.30. The summed E-state index contributed by atoms with van der Waals surface area (Å²) in [4.78, 5) is 10.1. The van der Waals surface area contributed by atoms with Crippen LogP contribution in [0.15, 0.2) is 30.3 Å². The van der Waals surface area contributed by atoms with E-state index in [1.807, 2.05) is 30.3 Å². The van der Waals surface area contributed by atoms with Crippen LogP contribution in [0.3, 0.4) is 0 Å². The van der Waals surface area contributed by atoms with E-state index in [9.17, 15) is 18.0 Å². The molecule has 3 nitrogen and oxygen atoms in total. The van der Waals surface area contributed by atoms with Gasteiger partial charge in [-0.2, -0.15) is 13.2 Å². The van der Waals surface area contributed by atoms with Crippen molar-refractivity contribution in [2.45, 2.75) is 51.4 Å². The van der Waals surface area contributed by atoms with Gasteiger partial charge in [-0.05, 0) is 25.3 Å². The summed E-state index contributed by atoms with van der Waals surface area (Å²) in [6.45, 7) is 4.06. The molecule has 1 N–H and O–H groups in total. The molecule has 0 aromatic heterocycles. The number of hydrogen-bond acceptors (Lipinski definition) is 2. The molecule has 6 heteroatoms. The average Bonchev–Trinajstić information content (AvgIpc) is 2.47. The Balaban J connectivity index is 0.000000425. The molecule has 0 aliphatic heterocycles. The fourth-order valence-corrected chi connectivity index (χ4v) is 1.65. The van der Waals surface area contributed by atoms with E-state index in [1.54, 1.807) is 21.0 Å². The number of alkyl halides is 3. The van der Waals surface area contributed by atoms with Crippen molar-refractivity contribution in [2.75, 3.05) is 7.11 Å². The largest absolute Gasteiger partial charge is 0.389 e.